The minimum absolute atomic E-state index is 0.00321. The third kappa shape index (κ3) is 4.17. The van der Waals surface area contributed by atoms with Crippen molar-refractivity contribution in [1.29, 1.82) is 0 Å². The zero-order valence-corrected chi connectivity index (χ0v) is 18.4. The Balaban J connectivity index is 1.57. The lowest BCUT2D eigenvalue weighted by atomic mass is 9.74. The minimum Gasteiger partial charge on any atom is -0.466 e. The fraction of sp³-hybridized carbons (Fsp3) is 0.500. The number of carbonyl (C=O) groups excluding carboxylic acids is 1. The van der Waals surface area contributed by atoms with Crippen LogP contribution >= 0.6 is 0 Å². The maximum absolute atomic E-state index is 13.0. The first-order chi connectivity index (χ1) is 14.2. The lowest BCUT2D eigenvalue weighted by Gasteiger charge is -2.34. The molecule has 1 N–H and O–H groups in total. The number of morpholine rings is 1. The highest BCUT2D eigenvalue weighted by Crippen LogP contribution is 2.42. The highest BCUT2D eigenvalue weighted by molar-refractivity contribution is 7.89. The normalized spacial score (nSPS) is 21.8. The molecule has 7 nitrogen and oxygen atoms in total. The van der Waals surface area contributed by atoms with Crippen LogP contribution in [0.2, 0.25) is 0 Å². The Morgan fingerprint density at radius 2 is 1.93 bits per heavy atom. The summed E-state index contributed by atoms with van der Waals surface area (Å²) in [6.07, 6.45) is 1.62. The molecule has 1 atom stereocenters. The predicted molar refractivity (Wildman–Crippen MR) is 112 cm³/mol. The molecule has 0 spiro atoms. The fourth-order valence-corrected chi connectivity index (χ4v) is 5.74. The van der Waals surface area contributed by atoms with Crippen molar-refractivity contribution in [1.82, 2.24) is 9.62 Å². The number of nitrogens with zero attached hydrogens (tertiary/aromatic N) is 1. The minimum atomic E-state index is -3.66. The number of aryl methyl sites for hydroxylation is 1. The van der Waals surface area contributed by atoms with Crippen LogP contribution < -0.4 is 5.32 Å². The van der Waals surface area contributed by atoms with Gasteiger partial charge in [0.1, 0.15) is 11.5 Å². The van der Waals surface area contributed by atoms with Crippen LogP contribution in [0, 0.1) is 12.3 Å². The number of carbonyl (C=O) groups is 1. The van der Waals surface area contributed by atoms with Gasteiger partial charge in [-0.1, -0.05) is 19.9 Å². The van der Waals surface area contributed by atoms with E-state index >= 15 is 0 Å². The molecular weight excluding hydrogens is 404 g/mol. The zero-order valence-electron chi connectivity index (χ0n) is 17.6. The summed E-state index contributed by atoms with van der Waals surface area (Å²) in [5.74, 6) is 1.45. The second-order valence-electron chi connectivity index (χ2n) is 8.85. The molecule has 1 saturated heterocycles. The van der Waals surface area contributed by atoms with Crippen molar-refractivity contribution < 1.29 is 22.4 Å². The van der Waals surface area contributed by atoms with Crippen LogP contribution in [-0.2, 0) is 21.2 Å². The first kappa shape index (κ1) is 21.1. The molecule has 8 heteroatoms. The topological polar surface area (TPSA) is 88.8 Å². The Morgan fingerprint density at radius 1 is 1.20 bits per heavy atom. The lowest BCUT2D eigenvalue weighted by molar-refractivity contribution is 0.0730. The zero-order chi connectivity index (χ0) is 21.5. The lowest BCUT2D eigenvalue weighted by Crippen LogP contribution is -2.40. The van der Waals surface area contributed by atoms with E-state index in [0.29, 0.717) is 31.9 Å². The van der Waals surface area contributed by atoms with Crippen LogP contribution in [0.25, 0.3) is 0 Å². The molecule has 1 amide bonds. The van der Waals surface area contributed by atoms with Crippen LogP contribution in [-0.4, -0.2) is 44.9 Å². The highest BCUT2D eigenvalue weighted by atomic mass is 32.2. The van der Waals surface area contributed by atoms with Gasteiger partial charge in [-0.3, -0.25) is 4.79 Å². The van der Waals surface area contributed by atoms with Gasteiger partial charge in [-0.15, -0.1) is 0 Å². The van der Waals surface area contributed by atoms with Gasteiger partial charge in [-0.25, -0.2) is 8.42 Å². The van der Waals surface area contributed by atoms with E-state index < -0.39 is 10.0 Å². The smallest absolute Gasteiger partial charge is 0.251 e. The van der Waals surface area contributed by atoms with Gasteiger partial charge in [-0.2, -0.15) is 4.31 Å². The molecule has 30 heavy (non-hydrogen) atoms. The maximum Gasteiger partial charge on any atom is 0.251 e. The molecule has 2 aliphatic rings. The Morgan fingerprint density at radius 3 is 2.67 bits per heavy atom. The number of nitrogens with one attached hydrogen (secondary N) is 1. The molecular formula is C22H28N2O5S. The number of benzene rings is 1. The van der Waals surface area contributed by atoms with Crippen LogP contribution in [0.5, 0.6) is 0 Å². The van der Waals surface area contributed by atoms with Crippen LogP contribution in [0.3, 0.4) is 0 Å². The summed E-state index contributed by atoms with van der Waals surface area (Å²) in [7, 11) is -3.66. The van der Waals surface area contributed by atoms with Gasteiger partial charge in [0.15, 0.2) is 0 Å². The number of furan rings is 1. The maximum atomic E-state index is 13.0. The number of amides is 1. The quantitative estimate of drug-likeness (QED) is 0.802. The van der Waals surface area contributed by atoms with E-state index in [4.69, 9.17) is 9.15 Å². The SMILES string of the molecule is Cc1cc2c(o1)CC(C)(C)CC2NC(=O)c1cccc(S(=O)(=O)N2CCOCC2)c1. The van der Waals surface area contributed by atoms with Gasteiger partial charge in [0.05, 0.1) is 24.2 Å². The third-order valence-corrected chi connectivity index (χ3v) is 7.64. The fourth-order valence-electron chi connectivity index (χ4n) is 4.29. The van der Waals surface area contributed by atoms with E-state index in [1.54, 1.807) is 12.1 Å². The average Bonchev–Trinajstić information content (AvgIpc) is 3.07. The average molecular weight is 433 g/mol. The van der Waals surface area contributed by atoms with Gasteiger partial charge in [0, 0.05) is 30.6 Å². The molecule has 2 heterocycles. The van der Waals surface area contributed by atoms with Gasteiger partial charge in [-0.05, 0) is 43.0 Å². The summed E-state index contributed by atoms with van der Waals surface area (Å²) in [6, 6.07) is 8.05. The van der Waals surface area contributed by atoms with E-state index in [2.05, 4.69) is 19.2 Å². The van der Waals surface area contributed by atoms with E-state index in [1.807, 2.05) is 13.0 Å². The molecule has 1 aromatic carbocycles. The van der Waals surface area contributed by atoms with Gasteiger partial charge >= 0.3 is 0 Å². The molecule has 0 radical (unpaired) electrons. The molecule has 1 aliphatic carbocycles. The molecule has 2 aromatic rings. The number of sulfonamides is 1. The van der Waals surface area contributed by atoms with Crippen molar-refractivity contribution in [2.45, 2.75) is 44.6 Å². The summed E-state index contributed by atoms with van der Waals surface area (Å²) < 4.78 is 38.4. The molecule has 1 unspecified atom stereocenters. The molecule has 0 saturated carbocycles. The van der Waals surface area contributed by atoms with Gasteiger partial charge in [0.2, 0.25) is 10.0 Å². The Bertz CT molecular complexity index is 1050. The molecule has 1 aliphatic heterocycles. The second kappa shape index (κ2) is 7.83. The standard InChI is InChI=1S/C22H28N2O5S/c1-15-11-18-19(13-22(2,3)14-20(18)29-15)23-21(25)16-5-4-6-17(12-16)30(26,27)24-7-9-28-10-8-24/h4-6,11-12,19H,7-10,13-14H2,1-3H3,(H,23,25). The van der Waals surface area contributed by atoms with Crippen molar-refractivity contribution in [3.63, 3.8) is 0 Å². The Labute approximate surface area is 177 Å². The van der Waals surface area contributed by atoms with Crippen LogP contribution in [0.1, 0.15) is 53.8 Å². The first-order valence-electron chi connectivity index (χ1n) is 10.2. The van der Waals surface area contributed by atoms with Crippen LogP contribution in [0.15, 0.2) is 39.6 Å². The summed E-state index contributed by atoms with van der Waals surface area (Å²) in [5, 5.41) is 3.09. The number of ether oxygens (including phenoxy) is 1. The third-order valence-electron chi connectivity index (χ3n) is 5.75. The van der Waals surface area contributed by atoms with E-state index in [1.165, 1.54) is 16.4 Å². The van der Waals surface area contributed by atoms with Crippen molar-refractivity contribution in [3.05, 3.63) is 53.0 Å². The van der Waals surface area contributed by atoms with Crippen LogP contribution in [0.4, 0.5) is 0 Å². The Kier molecular flexibility index (Phi) is 5.50. The summed E-state index contributed by atoms with van der Waals surface area (Å²) in [5.41, 5.74) is 1.34. The molecule has 4 rings (SSSR count). The summed E-state index contributed by atoms with van der Waals surface area (Å²) in [6.45, 7) is 7.61. The van der Waals surface area contributed by atoms with Gasteiger partial charge in [0.25, 0.3) is 5.91 Å². The number of fused-ring (bicyclic) bond motifs is 1. The van der Waals surface area contributed by atoms with Crippen molar-refractivity contribution >= 4 is 15.9 Å². The molecule has 162 valence electrons. The van der Waals surface area contributed by atoms with E-state index in [0.717, 1.165) is 29.9 Å². The Hall–Kier alpha value is -2.16. The number of hydrogen-bond donors (Lipinski definition) is 1. The molecule has 1 aromatic heterocycles. The highest BCUT2D eigenvalue weighted by Gasteiger charge is 2.36. The van der Waals surface area contributed by atoms with Crippen molar-refractivity contribution in [3.8, 4) is 0 Å². The monoisotopic (exact) mass is 432 g/mol. The van der Waals surface area contributed by atoms with E-state index in [9.17, 15) is 13.2 Å². The molecule has 1 fully saturated rings. The predicted octanol–water partition coefficient (Wildman–Crippen LogP) is 3.05. The largest absolute Gasteiger partial charge is 0.466 e. The van der Waals surface area contributed by atoms with Crippen molar-refractivity contribution in [2.75, 3.05) is 26.3 Å². The van der Waals surface area contributed by atoms with E-state index in [-0.39, 0.29) is 22.3 Å². The first-order valence-corrected chi connectivity index (χ1v) is 11.7. The van der Waals surface area contributed by atoms with Crippen molar-refractivity contribution in [2.24, 2.45) is 5.41 Å². The van der Waals surface area contributed by atoms with Gasteiger partial charge < -0.3 is 14.5 Å². The molecule has 0 bridgehead atoms. The summed E-state index contributed by atoms with van der Waals surface area (Å²) in [4.78, 5) is 13.2. The number of hydrogen-bond acceptors (Lipinski definition) is 5. The number of rotatable bonds is 4. The second-order valence-corrected chi connectivity index (χ2v) is 10.8. The summed E-state index contributed by atoms with van der Waals surface area (Å²) >= 11 is 0.